The van der Waals surface area contributed by atoms with Gasteiger partial charge in [0.25, 0.3) is 5.56 Å². The molecule has 0 aliphatic rings. The van der Waals surface area contributed by atoms with Crippen LogP contribution < -0.4 is 11.3 Å². The number of nitrogens with two attached hydrogens (primary N) is 1. The predicted octanol–water partition coefficient (Wildman–Crippen LogP) is 1.60. The topological polar surface area (TPSA) is 90.6 Å². The van der Waals surface area contributed by atoms with Crippen molar-refractivity contribution in [2.24, 2.45) is 0 Å². The Morgan fingerprint density at radius 1 is 1.04 bits per heavy atom. The van der Waals surface area contributed by atoms with Crippen LogP contribution in [0.4, 0.5) is 5.82 Å². The van der Waals surface area contributed by atoms with Crippen LogP contribution in [0.25, 0.3) is 22.7 Å². The molecule has 4 aromatic heterocycles. The van der Waals surface area contributed by atoms with Crippen LogP contribution in [0, 0.1) is 13.8 Å². The number of pyridine rings is 1. The first-order valence-corrected chi connectivity index (χ1v) is 7.14. The van der Waals surface area contributed by atoms with Gasteiger partial charge in [-0.05, 0) is 26.0 Å². The SMILES string of the molecule is Cc1cn2cc(-c3cc(=O)n4c(N)cccc4n3)nc(C)c2n1. The van der Waals surface area contributed by atoms with Gasteiger partial charge < -0.3 is 10.1 Å². The number of nitrogens with zero attached hydrogens (tertiary/aromatic N) is 5. The maximum atomic E-state index is 12.3. The fourth-order valence-corrected chi connectivity index (χ4v) is 2.71. The molecule has 0 amide bonds. The highest BCUT2D eigenvalue weighted by Gasteiger charge is 2.11. The summed E-state index contributed by atoms with van der Waals surface area (Å²) in [6.45, 7) is 3.81. The molecule has 0 fully saturated rings. The van der Waals surface area contributed by atoms with Gasteiger partial charge in [-0.15, -0.1) is 0 Å². The smallest absolute Gasteiger partial charge is 0.260 e. The summed E-state index contributed by atoms with van der Waals surface area (Å²) in [7, 11) is 0. The summed E-state index contributed by atoms with van der Waals surface area (Å²) < 4.78 is 3.27. The molecule has 0 aliphatic heterocycles. The number of hydrogen-bond donors (Lipinski definition) is 1. The number of aromatic nitrogens is 5. The molecule has 0 saturated carbocycles. The zero-order valence-corrected chi connectivity index (χ0v) is 12.7. The highest BCUT2D eigenvalue weighted by atomic mass is 16.1. The van der Waals surface area contributed by atoms with Crippen molar-refractivity contribution in [3.63, 3.8) is 0 Å². The van der Waals surface area contributed by atoms with Gasteiger partial charge in [-0.2, -0.15) is 0 Å². The average Bonchev–Trinajstić information content (AvgIpc) is 2.88. The summed E-state index contributed by atoms with van der Waals surface area (Å²) in [4.78, 5) is 25.8. The van der Waals surface area contributed by atoms with Crippen molar-refractivity contribution >= 4 is 17.1 Å². The van der Waals surface area contributed by atoms with E-state index in [9.17, 15) is 4.79 Å². The maximum Gasteiger partial charge on any atom is 0.260 e. The van der Waals surface area contributed by atoms with Crippen LogP contribution in [-0.4, -0.2) is 23.8 Å². The van der Waals surface area contributed by atoms with E-state index in [-0.39, 0.29) is 5.56 Å². The molecule has 0 bridgehead atoms. The van der Waals surface area contributed by atoms with Crippen molar-refractivity contribution < 1.29 is 0 Å². The average molecular weight is 306 g/mol. The monoisotopic (exact) mass is 306 g/mol. The van der Waals surface area contributed by atoms with E-state index < -0.39 is 0 Å². The lowest BCUT2D eigenvalue weighted by atomic mass is 10.3. The highest BCUT2D eigenvalue weighted by molar-refractivity contribution is 5.61. The normalized spacial score (nSPS) is 11.4. The molecule has 4 aromatic rings. The highest BCUT2D eigenvalue weighted by Crippen LogP contribution is 2.18. The zero-order valence-electron chi connectivity index (χ0n) is 12.7. The maximum absolute atomic E-state index is 12.3. The molecule has 7 heteroatoms. The van der Waals surface area contributed by atoms with Gasteiger partial charge in [0.05, 0.1) is 17.1 Å². The summed E-state index contributed by atoms with van der Waals surface area (Å²) in [6.07, 6.45) is 3.74. The van der Waals surface area contributed by atoms with Gasteiger partial charge in [0, 0.05) is 18.5 Å². The van der Waals surface area contributed by atoms with E-state index in [0.717, 1.165) is 17.0 Å². The Labute approximate surface area is 131 Å². The van der Waals surface area contributed by atoms with Gasteiger partial charge in [-0.25, -0.2) is 19.4 Å². The number of imidazole rings is 1. The lowest BCUT2D eigenvalue weighted by Crippen LogP contribution is -2.17. The zero-order chi connectivity index (χ0) is 16.1. The molecule has 0 aromatic carbocycles. The van der Waals surface area contributed by atoms with Crippen LogP contribution in [-0.2, 0) is 0 Å². The van der Waals surface area contributed by atoms with E-state index in [2.05, 4.69) is 15.0 Å². The summed E-state index contributed by atoms with van der Waals surface area (Å²) >= 11 is 0. The molecule has 0 radical (unpaired) electrons. The first kappa shape index (κ1) is 13.4. The number of nitrogen functional groups attached to an aromatic ring is 1. The second-order valence-corrected chi connectivity index (χ2v) is 5.45. The summed E-state index contributed by atoms with van der Waals surface area (Å²) in [5.74, 6) is 0.358. The van der Waals surface area contributed by atoms with Crippen molar-refractivity contribution in [3.8, 4) is 11.4 Å². The van der Waals surface area contributed by atoms with Crippen molar-refractivity contribution in [1.29, 1.82) is 0 Å². The Morgan fingerprint density at radius 2 is 1.87 bits per heavy atom. The second kappa shape index (κ2) is 4.64. The lowest BCUT2D eigenvalue weighted by Gasteiger charge is -2.07. The summed E-state index contributed by atoms with van der Waals surface area (Å²) in [5, 5.41) is 0. The first-order valence-electron chi connectivity index (χ1n) is 7.14. The fraction of sp³-hybridized carbons (Fsp3) is 0.125. The van der Waals surface area contributed by atoms with E-state index in [1.165, 1.54) is 10.5 Å². The summed E-state index contributed by atoms with van der Waals surface area (Å²) in [6, 6.07) is 6.62. The van der Waals surface area contributed by atoms with E-state index in [0.29, 0.717) is 22.9 Å². The minimum Gasteiger partial charge on any atom is -0.385 e. The molecule has 0 atom stereocenters. The number of rotatable bonds is 1. The van der Waals surface area contributed by atoms with Gasteiger partial charge in [-0.1, -0.05) is 6.07 Å². The van der Waals surface area contributed by atoms with Crippen LogP contribution in [0.2, 0.25) is 0 Å². The van der Waals surface area contributed by atoms with E-state index in [1.54, 1.807) is 18.2 Å². The van der Waals surface area contributed by atoms with Crippen LogP contribution in [0.15, 0.2) is 41.5 Å². The molecule has 2 N–H and O–H groups in total. The first-order chi connectivity index (χ1) is 11.0. The number of hydrogen-bond acceptors (Lipinski definition) is 5. The molecular weight excluding hydrogens is 292 g/mol. The van der Waals surface area contributed by atoms with Crippen LogP contribution in [0.1, 0.15) is 11.4 Å². The Hall–Kier alpha value is -3.22. The van der Waals surface area contributed by atoms with E-state index in [1.807, 2.05) is 30.6 Å². The second-order valence-electron chi connectivity index (χ2n) is 5.45. The molecular formula is C16H14N6O. The van der Waals surface area contributed by atoms with Crippen molar-refractivity contribution in [3.05, 3.63) is 58.4 Å². The molecule has 0 aliphatic carbocycles. The van der Waals surface area contributed by atoms with Crippen molar-refractivity contribution in [2.75, 3.05) is 5.73 Å². The minimum absolute atomic E-state index is 0.232. The number of fused-ring (bicyclic) bond motifs is 2. The summed E-state index contributed by atoms with van der Waals surface area (Å²) in [5.41, 5.74) is 9.73. The Bertz CT molecular complexity index is 1120. The predicted molar refractivity (Wildman–Crippen MR) is 87.3 cm³/mol. The van der Waals surface area contributed by atoms with Crippen LogP contribution >= 0.6 is 0 Å². The molecule has 0 saturated heterocycles. The standard InChI is InChI=1S/C16H14N6O/c1-9-7-21-8-12(19-10(2)16(21)18-9)11-6-15(23)22-13(17)4-3-5-14(22)20-11/h3-8H,17H2,1-2H3. The van der Waals surface area contributed by atoms with Crippen LogP contribution in [0.3, 0.4) is 0 Å². The molecule has 7 nitrogen and oxygen atoms in total. The molecule has 0 unspecified atom stereocenters. The van der Waals surface area contributed by atoms with Crippen molar-refractivity contribution in [2.45, 2.75) is 13.8 Å². The molecule has 4 heterocycles. The quantitative estimate of drug-likeness (QED) is 0.577. The number of aryl methyl sites for hydroxylation is 2. The van der Waals surface area contributed by atoms with Crippen LogP contribution in [0.5, 0.6) is 0 Å². The Kier molecular flexibility index (Phi) is 2.71. The van der Waals surface area contributed by atoms with Gasteiger partial charge in [0.2, 0.25) is 0 Å². The van der Waals surface area contributed by atoms with Crippen molar-refractivity contribution in [1.82, 2.24) is 23.8 Å². The third-order valence-electron chi connectivity index (χ3n) is 3.70. The lowest BCUT2D eigenvalue weighted by molar-refractivity contribution is 1.04. The van der Waals surface area contributed by atoms with Gasteiger partial charge in [-0.3, -0.25) is 4.79 Å². The fourth-order valence-electron chi connectivity index (χ4n) is 2.71. The van der Waals surface area contributed by atoms with E-state index in [4.69, 9.17) is 5.73 Å². The molecule has 114 valence electrons. The van der Waals surface area contributed by atoms with E-state index >= 15 is 0 Å². The van der Waals surface area contributed by atoms with Gasteiger partial charge in [0.1, 0.15) is 17.2 Å². The molecule has 23 heavy (non-hydrogen) atoms. The Morgan fingerprint density at radius 3 is 2.70 bits per heavy atom. The molecule has 0 spiro atoms. The third-order valence-corrected chi connectivity index (χ3v) is 3.70. The van der Waals surface area contributed by atoms with Gasteiger partial charge >= 0.3 is 0 Å². The third kappa shape index (κ3) is 2.05. The Balaban J connectivity index is 2.01. The van der Waals surface area contributed by atoms with Gasteiger partial charge in [0.15, 0.2) is 5.65 Å². The number of anilines is 1. The molecule has 4 rings (SSSR count). The largest absolute Gasteiger partial charge is 0.385 e. The minimum atomic E-state index is -0.232.